The van der Waals surface area contributed by atoms with E-state index in [0.29, 0.717) is 13.2 Å². The Kier molecular flexibility index (Phi) is 15.2. The first-order valence-electron chi connectivity index (χ1n) is 4.61. The minimum Gasteiger partial charge on any atom is -0.465 e. The van der Waals surface area contributed by atoms with Crippen LogP contribution < -0.4 is 5.32 Å². The number of likely N-dealkylation sites (N-methyl/N-ethyl adjacent to an activating group) is 1. The number of ether oxygens (including phenoxy) is 1. The van der Waals surface area contributed by atoms with E-state index in [1.165, 1.54) is 0 Å². The molecule has 0 aliphatic rings. The van der Waals surface area contributed by atoms with Crippen molar-refractivity contribution in [1.82, 2.24) is 5.32 Å². The number of esters is 1. The Morgan fingerprint density at radius 2 is 2.00 bits per heavy atom. The van der Waals surface area contributed by atoms with Gasteiger partial charge in [0, 0.05) is 0 Å². The third-order valence-corrected chi connectivity index (χ3v) is 1.08. The van der Waals surface area contributed by atoms with Crippen molar-refractivity contribution in [2.24, 2.45) is 0 Å². The van der Waals surface area contributed by atoms with E-state index in [9.17, 15) is 4.79 Å². The molecule has 0 spiro atoms. The second kappa shape index (κ2) is 13.1. The van der Waals surface area contributed by atoms with Crippen LogP contribution in [0.1, 0.15) is 33.6 Å². The van der Waals surface area contributed by atoms with Gasteiger partial charge in [-0.2, -0.15) is 0 Å². The zero-order chi connectivity index (χ0) is 9.82. The molecule has 12 heavy (non-hydrogen) atoms. The van der Waals surface area contributed by atoms with E-state index in [-0.39, 0.29) is 5.97 Å². The van der Waals surface area contributed by atoms with Crippen LogP contribution in [0.15, 0.2) is 0 Å². The normalized spacial score (nSPS) is 8.33. The molecule has 74 valence electrons. The molecule has 0 aliphatic heterocycles. The Morgan fingerprint density at radius 3 is 2.42 bits per heavy atom. The molecule has 0 aromatic heterocycles. The highest BCUT2D eigenvalue weighted by molar-refractivity contribution is 5.71. The van der Waals surface area contributed by atoms with E-state index in [1.807, 2.05) is 13.8 Å². The van der Waals surface area contributed by atoms with Gasteiger partial charge < -0.3 is 10.1 Å². The van der Waals surface area contributed by atoms with Gasteiger partial charge in [-0.3, -0.25) is 4.79 Å². The first kappa shape index (κ1) is 14.0. The number of carbonyl (C=O) groups is 1. The Bertz CT molecular complexity index is 94.5. The fraction of sp³-hybridized carbons (Fsp3) is 0.889. The zero-order valence-corrected chi connectivity index (χ0v) is 8.64. The molecule has 1 N–H and O–H groups in total. The van der Waals surface area contributed by atoms with Gasteiger partial charge >= 0.3 is 5.97 Å². The first-order chi connectivity index (χ1) is 5.81. The predicted octanol–water partition coefficient (Wildman–Crippen LogP) is 1.58. The van der Waals surface area contributed by atoms with Gasteiger partial charge in [-0.25, -0.2) is 0 Å². The summed E-state index contributed by atoms with van der Waals surface area (Å²) in [4.78, 5) is 10.6. The molecule has 3 heteroatoms. The van der Waals surface area contributed by atoms with Gasteiger partial charge in [-0.05, 0) is 13.5 Å². The standard InChI is InChI=1S/C7H15NO2.C2H6/c1-3-4-5-10-7(9)6-8-2;1-2/h8H,3-6H2,1-2H3;1-2H3. The molecule has 0 unspecified atom stereocenters. The highest BCUT2D eigenvalue weighted by atomic mass is 16.5. The summed E-state index contributed by atoms with van der Waals surface area (Å²) >= 11 is 0. The lowest BCUT2D eigenvalue weighted by Crippen LogP contribution is -2.21. The molecule has 0 rings (SSSR count). The largest absolute Gasteiger partial charge is 0.465 e. The topological polar surface area (TPSA) is 38.3 Å². The monoisotopic (exact) mass is 175 g/mol. The van der Waals surface area contributed by atoms with Gasteiger partial charge in [0.1, 0.15) is 0 Å². The van der Waals surface area contributed by atoms with Crippen molar-refractivity contribution in [2.45, 2.75) is 33.6 Å². The lowest BCUT2D eigenvalue weighted by molar-refractivity contribution is -0.142. The van der Waals surface area contributed by atoms with Crippen molar-refractivity contribution < 1.29 is 9.53 Å². The molecule has 0 heterocycles. The van der Waals surface area contributed by atoms with Crippen LogP contribution in [0.3, 0.4) is 0 Å². The van der Waals surface area contributed by atoms with E-state index in [0.717, 1.165) is 12.8 Å². The van der Waals surface area contributed by atoms with Crippen LogP contribution in [0.25, 0.3) is 0 Å². The molecule has 0 amide bonds. The van der Waals surface area contributed by atoms with Crippen LogP contribution in [0, 0.1) is 0 Å². The average Bonchev–Trinajstić information content (AvgIpc) is 2.09. The highest BCUT2D eigenvalue weighted by Gasteiger charge is 1.97. The molecule has 0 radical (unpaired) electrons. The van der Waals surface area contributed by atoms with Crippen molar-refractivity contribution in [3.63, 3.8) is 0 Å². The Hall–Kier alpha value is -0.570. The summed E-state index contributed by atoms with van der Waals surface area (Å²) in [5.74, 6) is -0.170. The van der Waals surface area contributed by atoms with Gasteiger partial charge in [-0.15, -0.1) is 0 Å². The minimum atomic E-state index is -0.170. The molecule has 0 saturated carbocycles. The van der Waals surface area contributed by atoms with Crippen LogP contribution in [0.5, 0.6) is 0 Å². The van der Waals surface area contributed by atoms with Crippen LogP contribution >= 0.6 is 0 Å². The lowest BCUT2D eigenvalue weighted by atomic mass is 10.4. The van der Waals surface area contributed by atoms with E-state index in [4.69, 9.17) is 4.74 Å². The van der Waals surface area contributed by atoms with Crippen molar-refractivity contribution >= 4 is 5.97 Å². The highest BCUT2D eigenvalue weighted by Crippen LogP contribution is 1.87. The summed E-state index contributed by atoms with van der Waals surface area (Å²) in [6.07, 6.45) is 2.02. The average molecular weight is 175 g/mol. The molecule has 3 nitrogen and oxygen atoms in total. The second-order valence-electron chi connectivity index (χ2n) is 2.10. The number of nitrogens with one attached hydrogen (secondary N) is 1. The molecular weight excluding hydrogens is 154 g/mol. The number of unbranched alkanes of at least 4 members (excludes halogenated alkanes) is 1. The molecule has 0 saturated heterocycles. The molecule has 0 bridgehead atoms. The second-order valence-corrected chi connectivity index (χ2v) is 2.10. The van der Waals surface area contributed by atoms with Gasteiger partial charge in [0.25, 0.3) is 0 Å². The Labute approximate surface area is 75.5 Å². The van der Waals surface area contributed by atoms with Gasteiger partial charge in [0.2, 0.25) is 0 Å². The predicted molar refractivity (Wildman–Crippen MR) is 51.1 cm³/mol. The van der Waals surface area contributed by atoms with Crippen molar-refractivity contribution in [3.05, 3.63) is 0 Å². The van der Waals surface area contributed by atoms with E-state index >= 15 is 0 Å². The van der Waals surface area contributed by atoms with Gasteiger partial charge in [0.05, 0.1) is 13.2 Å². The third-order valence-electron chi connectivity index (χ3n) is 1.08. The van der Waals surface area contributed by atoms with E-state index in [1.54, 1.807) is 7.05 Å². The summed E-state index contributed by atoms with van der Waals surface area (Å²) in [5.41, 5.74) is 0. The van der Waals surface area contributed by atoms with Crippen molar-refractivity contribution in [3.8, 4) is 0 Å². The molecule has 0 aromatic rings. The molecule has 0 aliphatic carbocycles. The molecule has 0 atom stereocenters. The SMILES string of the molecule is CC.CCCCOC(=O)CNC. The first-order valence-corrected chi connectivity index (χ1v) is 4.61. The number of carbonyl (C=O) groups excluding carboxylic acids is 1. The summed E-state index contributed by atoms with van der Waals surface area (Å²) in [6.45, 7) is 6.92. The quantitative estimate of drug-likeness (QED) is 0.509. The van der Waals surface area contributed by atoms with Gasteiger partial charge in [0.15, 0.2) is 0 Å². The van der Waals surface area contributed by atoms with E-state index < -0.39 is 0 Å². The van der Waals surface area contributed by atoms with Crippen molar-refractivity contribution in [2.75, 3.05) is 20.2 Å². The third kappa shape index (κ3) is 12.1. The minimum absolute atomic E-state index is 0.170. The van der Waals surface area contributed by atoms with Crippen molar-refractivity contribution in [1.29, 1.82) is 0 Å². The van der Waals surface area contributed by atoms with Crippen LogP contribution in [0.4, 0.5) is 0 Å². The summed E-state index contributed by atoms with van der Waals surface area (Å²) < 4.78 is 4.82. The smallest absolute Gasteiger partial charge is 0.319 e. The zero-order valence-electron chi connectivity index (χ0n) is 8.64. The number of hydrogen-bond acceptors (Lipinski definition) is 3. The molecular formula is C9H21NO2. The van der Waals surface area contributed by atoms with Crippen LogP contribution in [-0.4, -0.2) is 26.2 Å². The number of rotatable bonds is 5. The fourth-order valence-corrected chi connectivity index (χ4v) is 0.526. The molecule has 0 aromatic carbocycles. The van der Waals surface area contributed by atoms with Crippen LogP contribution in [0.2, 0.25) is 0 Å². The Morgan fingerprint density at radius 1 is 1.42 bits per heavy atom. The summed E-state index contributed by atoms with van der Waals surface area (Å²) in [5, 5.41) is 2.72. The summed E-state index contributed by atoms with van der Waals surface area (Å²) in [7, 11) is 1.72. The lowest BCUT2D eigenvalue weighted by Gasteiger charge is -2.01. The molecule has 0 fully saturated rings. The summed E-state index contributed by atoms with van der Waals surface area (Å²) in [6, 6.07) is 0. The fourth-order valence-electron chi connectivity index (χ4n) is 0.526. The maximum atomic E-state index is 10.6. The maximum absolute atomic E-state index is 10.6. The number of hydrogen-bond donors (Lipinski definition) is 1. The maximum Gasteiger partial charge on any atom is 0.319 e. The van der Waals surface area contributed by atoms with E-state index in [2.05, 4.69) is 12.2 Å². The van der Waals surface area contributed by atoms with Crippen LogP contribution in [-0.2, 0) is 9.53 Å². The Balaban J connectivity index is 0. The van der Waals surface area contributed by atoms with Gasteiger partial charge in [-0.1, -0.05) is 27.2 Å².